The molecule has 0 aliphatic heterocycles. The zero-order valence-corrected chi connectivity index (χ0v) is 16.2. The molecule has 0 radical (unpaired) electrons. The predicted octanol–water partition coefficient (Wildman–Crippen LogP) is 5.89. The van der Waals surface area contributed by atoms with Gasteiger partial charge in [-0.15, -0.1) is 11.6 Å². The summed E-state index contributed by atoms with van der Waals surface area (Å²) in [6.45, 7) is 3.72. The fourth-order valence-electron chi connectivity index (χ4n) is 3.44. The SMILES string of the molecule is C=N/C(=N\C(=N/CCl)c1ccc2c(c1)CCC=C2)c1ccc2ccccc2c1. The number of rotatable bonds is 3. The largest absolute Gasteiger partial charge is 0.250 e. The van der Waals surface area contributed by atoms with Crippen LogP contribution in [0.2, 0.25) is 0 Å². The lowest BCUT2D eigenvalue weighted by Gasteiger charge is -2.12. The molecule has 0 unspecified atom stereocenters. The monoisotopic (exact) mass is 385 g/mol. The molecule has 3 nitrogen and oxygen atoms in total. The number of nitrogens with zero attached hydrogens (tertiary/aromatic N) is 3. The van der Waals surface area contributed by atoms with Crippen LogP contribution < -0.4 is 0 Å². The Morgan fingerprint density at radius 2 is 1.71 bits per heavy atom. The van der Waals surface area contributed by atoms with Gasteiger partial charge in [0, 0.05) is 11.1 Å². The third kappa shape index (κ3) is 3.80. The van der Waals surface area contributed by atoms with E-state index in [0.29, 0.717) is 11.7 Å². The van der Waals surface area contributed by atoms with E-state index >= 15 is 0 Å². The lowest BCUT2D eigenvalue weighted by molar-refractivity contribution is 0.985. The molecule has 0 atom stereocenters. The average molecular weight is 386 g/mol. The lowest BCUT2D eigenvalue weighted by Crippen LogP contribution is -2.07. The summed E-state index contributed by atoms with van der Waals surface area (Å²) in [5.41, 5.74) is 4.39. The first-order valence-corrected chi connectivity index (χ1v) is 9.77. The van der Waals surface area contributed by atoms with Gasteiger partial charge in [-0.05, 0) is 53.6 Å². The molecule has 0 amide bonds. The van der Waals surface area contributed by atoms with Crippen LogP contribution in [0.4, 0.5) is 0 Å². The molecule has 4 rings (SSSR count). The third-order valence-corrected chi connectivity index (χ3v) is 4.98. The molecule has 0 saturated heterocycles. The smallest absolute Gasteiger partial charge is 0.161 e. The van der Waals surface area contributed by atoms with Gasteiger partial charge in [0.15, 0.2) is 11.7 Å². The summed E-state index contributed by atoms with van der Waals surface area (Å²) in [6.07, 6.45) is 6.44. The van der Waals surface area contributed by atoms with Gasteiger partial charge in [0.25, 0.3) is 0 Å². The van der Waals surface area contributed by atoms with Crippen LogP contribution in [-0.4, -0.2) is 24.4 Å². The molecule has 138 valence electrons. The Labute approximate surface area is 169 Å². The second kappa shape index (κ2) is 8.32. The molecule has 1 aliphatic rings. The van der Waals surface area contributed by atoms with E-state index in [1.807, 2.05) is 24.3 Å². The number of fused-ring (bicyclic) bond motifs is 2. The van der Waals surface area contributed by atoms with Gasteiger partial charge >= 0.3 is 0 Å². The maximum Gasteiger partial charge on any atom is 0.161 e. The quantitative estimate of drug-likeness (QED) is 0.233. The number of aryl methyl sites for hydroxylation is 1. The topological polar surface area (TPSA) is 37.1 Å². The van der Waals surface area contributed by atoms with Crippen LogP contribution >= 0.6 is 11.6 Å². The minimum atomic E-state index is 0.137. The van der Waals surface area contributed by atoms with Crippen LogP contribution in [0.15, 0.2) is 81.7 Å². The zero-order valence-electron chi connectivity index (χ0n) is 15.5. The molecular weight excluding hydrogens is 366 g/mol. The molecular formula is C24H20ClN3. The fourth-order valence-corrected chi connectivity index (χ4v) is 3.55. The first kappa shape index (κ1) is 18.3. The molecule has 0 aromatic heterocycles. The number of hydrogen-bond donors (Lipinski definition) is 0. The number of alkyl halides is 1. The average Bonchev–Trinajstić information content (AvgIpc) is 2.76. The molecule has 0 N–H and O–H groups in total. The van der Waals surface area contributed by atoms with E-state index in [9.17, 15) is 0 Å². The van der Waals surface area contributed by atoms with E-state index in [2.05, 4.69) is 65.3 Å². The Morgan fingerprint density at radius 3 is 2.54 bits per heavy atom. The highest BCUT2D eigenvalue weighted by Crippen LogP contribution is 2.22. The number of benzene rings is 3. The summed E-state index contributed by atoms with van der Waals surface area (Å²) in [5.74, 6) is 1.11. The minimum Gasteiger partial charge on any atom is -0.250 e. The van der Waals surface area contributed by atoms with Crippen molar-refractivity contribution in [2.24, 2.45) is 15.0 Å². The first-order chi connectivity index (χ1) is 13.8. The minimum absolute atomic E-state index is 0.137. The number of aliphatic imine (C=N–C) groups is 3. The van der Waals surface area contributed by atoms with Crippen molar-refractivity contribution in [1.82, 2.24) is 0 Å². The van der Waals surface area contributed by atoms with E-state index in [0.717, 1.165) is 29.4 Å². The van der Waals surface area contributed by atoms with Crippen LogP contribution in [0.25, 0.3) is 16.8 Å². The third-order valence-electron chi connectivity index (χ3n) is 4.86. The van der Waals surface area contributed by atoms with E-state index in [4.69, 9.17) is 16.6 Å². The molecule has 1 aliphatic carbocycles. The van der Waals surface area contributed by atoms with Gasteiger partial charge < -0.3 is 0 Å². The highest BCUT2D eigenvalue weighted by Gasteiger charge is 2.11. The van der Waals surface area contributed by atoms with Crippen LogP contribution in [0.1, 0.15) is 28.7 Å². The molecule has 3 aromatic rings. The Kier molecular flexibility index (Phi) is 5.45. The van der Waals surface area contributed by atoms with Crippen LogP contribution in [0.3, 0.4) is 0 Å². The van der Waals surface area contributed by atoms with Gasteiger partial charge in [0.1, 0.15) is 6.00 Å². The van der Waals surface area contributed by atoms with Crippen LogP contribution in [0, 0.1) is 0 Å². The van der Waals surface area contributed by atoms with Crippen molar-refractivity contribution in [3.63, 3.8) is 0 Å². The van der Waals surface area contributed by atoms with Gasteiger partial charge in [-0.25, -0.2) is 15.0 Å². The van der Waals surface area contributed by atoms with Gasteiger partial charge in [-0.3, -0.25) is 0 Å². The van der Waals surface area contributed by atoms with Crippen molar-refractivity contribution >= 4 is 46.8 Å². The molecule has 4 heteroatoms. The van der Waals surface area contributed by atoms with E-state index in [-0.39, 0.29) is 6.00 Å². The Balaban J connectivity index is 1.76. The van der Waals surface area contributed by atoms with Crippen molar-refractivity contribution in [3.8, 4) is 0 Å². The summed E-state index contributed by atoms with van der Waals surface area (Å²) in [6, 6.07) is 20.8. The molecule has 3 aromatic carbocycles. The maximum absolute atomic E-state index is 5.93. The number of amidine groups is 2. The van der Waals surface area contributed by atoms with Gasteiger partial charge in [0.2, 0.25) is 0 Å². The zero-order chi connectivity index (χ0) is 19.3. The second-order valence-electron chi connectivity index (χ2n) is 6.61. The maximum atomic E-state index is 5.93. The molecule has 0 heterocycles. The van der Waals surface area contributed by atoms with Crippen molar-refractivity contribution < 1.29 is 0 Å². The molecule has 0 spiro atoms. The van der Waals surface area contributed by atoms with Crippen molar-refractivity contribution in [2.45, 2.75) is 12.8 Å². The summed E-state index contributed by atoms with van der Waals surface area (Å²) < 4.78 is 0. The summed E-state index contributed by atoms with van der Waals surface area (Å²) >= 11 is 5.93. The van der Waals surface area contributed by atoms with E-state index in [1.165, 1.54) is 16.5 Å². The predicted molar refractivity (Wildman–Crippen MR) is 121 cm³/mol. The van der Waals surface area contributed by atoms with Gasteiger partial charge in [-0.1, -0.05) is 60.7 Å². The van der Waals surface area contributed by atoms with Gasteiger partial charge in [-0.2, -0.15) is 0 Å². The van der Waals surface area contributed by atoms with E-state index < -0.39 is 0 Å². The summed E-state index contributed by atoms with van der Waals surface area (Å²) in [5, 5.41) is 2.31. The standard InChI is InChI=1S/C24H20ClN3/c1-26-23(21-12-10-17-6-2-4-8-19(17)14-21)28-24(27-16-25)22-13-11-18-7-3-5-9-20(18)15-22/h2-4,6-8,10-15H,1,5,9,16H2/b27-24-,28-23-. The lowest BCUT2D eigenvalue weighted by atomic mass is 9.95. The molecule has 0 fully saturated rings. The first-order valence-electron chi connectivity index (χ1n) is 9.23. The van der Waals surface area contributed by atoms with Gasteiger partial charge in [0.05, 0.1) is 0 Å². The Hall–Kier alpha value is -3.04. The molecule has 0 saturated carbocycles. The summed E-state index contributed by atoms with van der Waals surface area (Å²) in [7, 11) is 0. The number of halogens is 1. The second-order valence-corrected chi connectivity index (χ2v) is 6.85. The normalized spacial score (nSPS) is 14.2. The fraction of sp³-hybridized carbons (Fsp3) is 0.125. The van der Waals surface area contributed by atoms with Crippen LogP contribution in [0.5, 0.6) is 0 Å². The van der Waals surface area contributed by atoms with Crippen molar-refractivity contribution in [3.05, 3.63) is 89.0 Å². The highest BCUT2D eigenvalue weighted by molar-refractivity contribution is 6.19. The Morgan fingerprint density at radius 1 is 0.929 bits per heavy atom. The molecule has 0 bridgehead atoms. The van der Waals surface area contributed by atoms with Crippen molar-refractivity contribution in [1.29, 1.82) is 0 Å². The number of allylic oxidation sites excluding steroid dienone is 1. The highest BCUT2D eigenvalue weighted by atomic mass is 35.5. The molecule has 28 heavy (non-hydrogen) atoms. The summed E-state index contributed by atoms with van der Waals surface area (Å²) in [4.78, 5) is 13.3. The van der Waals surface area contributed by atoms with Crippen LogP contribution in [-0.2, 0) is 6.42 Å². The van der Waals surface area contributed by atoms with Crippen molar-refractivity contribution in [2.75, 3.05) is 6.00 Å². The van der Waals surface area contributed by atoms with E-state index in [1.54, 1.807) is 0 Å². The number of hydrogen-bond acceptors (Lipinski definition) is 1. The Bertz CT molecular complexity index is 1130.